The molecule has 0 radical (unpaired) electrons. The third-order valence-corrected chi connectivity index (χ3v) is 5.53. The number of benzene rings is 1. The summed E-state index contributed by atoms with van der Waals surface area (Å²) in [6, 6.07) is 12.8. The zero-order valence-electron chi connectivity index (χ0n) is 16.6. The monoisotopic (exact) mass is 368 g/mol. The van der Waals surface area contributed by atoms with Crippen LogP contribution in [0.2, 0.25) is 0 Å². The maximum absolute atomic E-state index is 9.31. The van der Waals surface area contributed by atoms with E-state index in [4.69, 9.17) is 0 Å². The molecule has 1 saturated heterocycles. The number of aliphatic hydroxyl groups is 1. The predicted octanol–water partition coefficient (Wildman–Crippen LogP) is 3.35. The minimum Gasteiger partial charge on any atom is -0.396 e. The Balaban J connectivity index is 1.58. The number of nitrogens with zero attached hydrogens (tertiary/aromatic N) is 3. The van der Waals surface area contributed by atoms with Crippen LogP contribution in [0, 0.1) is 5.92 Å². The van der Waals surface area contributed by atoms with Gasteiger partial charge in [0.05, 0.1) is 0 Å². The number of hydrogen-bond donors (Lipinski definition) is 2. The van der Waals surface area contributed by atoms with Gasteiger partial charge in [-0.2, -0.15) is 0 Å². The van der Waals surface area contributed by atoms with E-state index in [-0.39, 0.29) is 0 Å². The minimum atomic E-state index is 0.326. The van der Waals surface area contributed by atoms with Gasteiger partial charge in [-0.15, -0.1) is 0 Å². The van der Waals surface area contributed by atoms with Crippen LogP contribution in [-0.2, 0) is 13.1 Å². The van der Waals surface area contributed by atoms with Crippen molar-refractivity contribution in [3.63, 3.8) is 0 Å². The van der Waals surface area contributed by atoms with E-state index in [2.05, 4.69) is 70.5 Å². The van der Waals surface area contributed by atoms with Crippen molar-refractivity contribution >= 4 is 11.5 Å². The summed E-state index contributed by atoms with van der Waals surface area (Å²) < 4.78 is 0. The Bertz CT molecular complexity index is 696. The second-order valence-corrected chi connectivity index (χ2v) is 7.45. The normalized spacial score (nSPS) is 15.7. The van der Waals surface area contributed by atoms with Gasteiger partial charge in [0.2, 0.25) is 0 Å². The number of anilines is 2. The van der Waals surface area contributed by atoms with Crippen LogP contribution in [0.5, 0.6) is 0 Å². The van der Waals surface area contributed by atoms with Crippen LogP contribution in [0.4, 0.5) is 11.5 Å². The van der Waals surface area contributed by atoms with Gasteiger partial charge >= 0.3 is 0 Å². The summed E-state index contributed by atoms with van der Waals surface area (Å²) in [6.45, 7) is 7.26. The van der Waals surface area contributed by atoms with Crippen molar-refractivity contribution in [2.24, 2.45) is 5.92 Å². The SMILES string of the molecule is CCN(C)c1ccc(CNc2ccccc2CN2CCC(CO)CC2)cn1. The van der Waals surface area contributed by atoms with Gasteiger partial charge in [-0.3, -0.25) is 4.90 Å². The van der Waals surface area contributed by atoms with E-state index in [0.29, 0.717) is 12.5 Å². The number of piperidine rings is 1. The highest BCUT2D eigenvalue weighted by molar-refractivity contribution is 5.51. The third kappa shape index (κ3) is 5.44. The standard InChI is InChI=1S/C22H32N4O/c1-3-25(2)22-9-8-19(15-24-22)14-23-21-7-5-4-6-20(21)16-26-12-10-18(17-27)11-13-26/h4-9,15,18,23,27H,3,10-14,16-17H2,1-2H3. The lowest BCUT2D eigenvalue weighted by atomic mass is 9.97. The van der Waals surface area contributed by atoms with Gasteiger partial charge in [0, 0.05) is 45.2 Å². The molecule has 0 amide bonds. The number of aliphatic hydroxyl groups excluding tert-OH is 1. The molecule has 146 valence electrons. The number of rotatable bonds is 8. The molecule has 27 heavy (non-hydrogen) atoms. The van der Waals surface area contributed by atoms with E-state index >= 15 is 0 Å². The van der Waals surface area contributed by atoms with Crippen molar-refractivity contribution in [1.29, 1.82) is 0 Å². The first-order chi connectivity index (χ1) is 13.2. The van der Waals surface area contributed by atoms with Gasteiger partial charge < -0.3 is 15.3 Å². The average molecular weight is 369 g/mol. The van der Waals surface area contributed by atoms with Gasteiger partial charge in [0.25, 0.3) is 0 Å². The van der Waals surface area contributed by atoms with Crippen LogP contribution < -0.4 is 10.2 Å². The fourth-order valence-corrected chi connectivity index (χ4v) is 3.51. The Morgan fingerprint density at radius 2 is 1.96 bits per heavy atom. The van der Waals surface area contributed by atoms with E-state index in [1.807, 2.05) is 6.20 Å². The first kappa shape index (κ1) is 19.6. The second kappa shape index (κ2) is 9.72. The quantitative estimate of drug-likeness (QED) is 0.748. The maximum Gasteiger partial charge on any atom is 0.128 e. The van der Waals surface area contributed by atoms with Crippen LogP contribution in [-0.4, -0.2) is 48.3 Å². The number of nitrogens with one attached hydrogen (secondary N) is 1. The molecule has 0 unspecified atom stereocenters. The van der Waals surface area contributed by atoms with Crippen molar-refractivity contribution in [1.82, 2.24) is 9.88 Å². The predicted molar refractivity (Wildman–Crippen MR) is 112 cm³/mol. The molecule has 0 saturated carbocycles. The zero-order chi connectivity index (χ0) is 19.1. The summed E-state index contributed by atoms with van der Waals surface area (Å²) in [7, 11) is 2.06. The number of aromatic nitrogens is 1. The lowest BCUT2D eigenvalue weighted by molar-refractivity contribution is 0.127. The largest absolute Gasteiger partial charge is 0.396 e. The lowest BCUT2D eigenvalue weighted by Crippen LogP contribution is -2.34. The van der Waals surface area contributed by atoms with E-state index in [9.17, 15) is 5.11 Å². The van der Waals surface area contributed by atoms with Crippen LogP contribution in [0.3, 0.4) is 0 Å². The van der Waals surface area contributed by atoms with Crippen molar-refractivity contribution in [3.8, 4) is 0 Å². The smallest absolute Gasteiger partial charge is 0.128 e. The molecule has 1 aliphatic rings. The fourth-order valence-electron chi connectivity index (χ4n) is 3.51. The summed E-state index contributed by atoms with van der Waals surface area (Å²) in [4.78, 5) is 9.17. The number of likely N-dealkylation sites (tertiary alicyclic amines) is 1. The Morgan fingerprint density at radius 1 is 1.19 bits per heavy atom. The van der Waals surface area contributed by atoms with Crippen molar-refractivity contribution in [2.75, 3.05) is 43.5 Å². The first-order valence-electron chi connectivity index (χ1n) is 10.0. The van der Waals surface area contributed by atoms with Gasteiger partial charge in [-0.05, 0) is 62.0 Å². The molecule has 0 aliphatic carbocycles. The molecule has 1 fully saturated rings. The summed E-state index contributed by atoms with van der Waals surface area (Å²) in [5.41, 5.74) is 3.70. The van der Waals surface area contributed by atoms with Crippen LogP contribution in [0.1, 0.15) is 30.9 Å². The maximum atomic E-state index is 9.31. The van der Waals surface area contributed by atoms with E-state index in [0.717, 1.165) is 51.4 Å². The molecule has 0 atom stereocenters. The van der Waals surface area contributed by atoms with Crippen LogP contribution >= 0.6 is 0 Å². The Kier molecular flexibility index (Phi) is 7.07. The lowest BCUT2D eigenvalue weighted by Gasteiger charge is -2.31. The summed E-state index contributed by atoms with van der Waals surface area (Å²) in [5.74, 6) is 1.49. The van der Waals surface area contributed by atoms with E-state index < -0.39 is 0 Å². The van der Waals surface area contributed by atoms with E-state index in [1.165, 1.54) is 16.8 Å². The van der Waals surface area contributed by atoms with Gasteiger partial charge in [-0.1, -0.05) is 24.3 Å². The second-order valence-electron chi connectivity index (χ2n) is 7.45. The molecule has 0 spiro atoms. The van der Waals surface area contributed by atoms with Crippen molar-refractivity contribution in [2.45, 2.75) is 32.9 Å². The molecule has 2 heterocycles. The van der Waals surface area contributed by atoms with Crippen LogP contribution in [0.15, 0.2) is 42.6 Å². The van der Waals surface area contributed by atoms with Gasteiger partial charge in [0.1, 0.15) is 5.82 Å². The molecule has 3 rings (SSSR count). The number of para-hydroxylation sites is 1. The highest BCUT2D eigenvalue weighted by Crippen LogP contribution is 2.22. The van der Waals surface area contributed by atoms with Gasteiger partial charge in [-0.25, -0.2) is 4.98 Å². The molecule has 0 bridgehead atoms. The van der Waals surface area contributed by atoms with Crippen molar-refractivity contribution < 1.29 is 5.11 Å². The molecule has 1 aliphatic heterocycles. The molecule has 2 N–H and O–H groups in total. The first-order valence-corrected chi connectivity index (χ1v) is 10.0. The Labute approximate surface area is 163 Å². The molecule has 2 aromatic rings. The summed E-state index contributed by atoms with van der Waals surface area (Å²) in [6.07, 6.45) is 4.14. The highest BCUT2D eigenvalue weighted by atomic mass is 16.3. The molecular formula is C22H32N4O. The average Bonchev–Trinajstić information content (AvgIpc) is 2.73. The number of hydrogen-bond acceptors (Lipinski definition) is 5. The Hall–Kier alpha value is -2.11. The number of pyridine rings is 1. The Morgan fingerprint density at radius 3 is 2.63 bits per heavy atom. The van der Waals surface area contributed by atoms with Crippen LogP contribution in [0.25, 0.3) is 0 Å². The summed E-state index contributed by atoms with van der Waals surface area (Å²) in [5, 5.41) is 12.9. The zero-order valence-corrected chi connectivity index (χ0v) is 16.6. The molecular weight excluding hydrogens is 336 g/mol. The van der Waals surface area contributed by atoms with Gasteiger partial charge in [0.15, 0.2) is 0 Å². The molecule has 5 heteroatoms. The molecule has 5 nitrogen and oxygen atoms in total. The highest BCUT2D eigenvalue weighted by Gasteiger charge is 2.19. The minimum absolute atomic E-state index is 0.326. The molecule has 1 aromatic carbocycles. The topological polar surface area (TPSA) is 51.6 Å². The third-order valence-electron chi connectivity index (χ3n) is 5.53. The fraction of sp³-hybridized carbons (Fsp3) is 0.500. The molecule has 1 aromatic heterocycles. The van der Waals surface area contributed by atoms with E-state index in [1.54, 1.807) is 0 Å². The summed E-state index contributed by atoms with van der Waals surface area (Å²) >= 11 is 0. The van der Waals surface area contributed by atoms with Crippen molar-refractivity contribution in [3.05, 3.63) is 53.7 Å².